The maximum absolute atomic E-state index is 11.3. The summed E-state index contributed by atoms with van der Waals surface area (Å²) in [6, 6.07) is 16.7. The molecule has 0 radical (unpaired) electrons. The van der Waals surface area contributed by atoms with Crippen LogP contribution in [0.15, 0.2) is 48.5 Å². The highest BCUT2D eigenvalue weighted by molar-refractivity contribution is 5.89. The first-order valence-electron chi connectivity index (χ1n) is 9.00. The SMILES string of the molecule is CCc1cc(C[C@@H]2CN(Cc3ccccc3)CCN2)ccc1C(=O)O. The summed E-state index contributed by atoms with van der Waals surface area (Å²) >= 11 is 0. The van der Waals surface area contributed by atoms with Gasteiger partial charge in [-0.2, -0.15) is 0 Å². The first-order chi connectivity index (χ1) is 12.2. The van der Waals surface area contributed by atoms with Crippen LogP contribution < -0.4 is 5.32 Å². The molecule has 4 heteroatoms. The first kappa shape index (κ1) is 17.6. The average Bonchev–Trinajstić information content (AvgIpc) is 2.62. The summed E-state index contributed by atoms with van der Waals surface area (Å²) < 4.78 is 0. The van der Waals surface area contributed by atoms with Crippen LogP contribution in [0.1, 0.15) is 34.0 Å². The molecule has 1 fully saturated rings. The van der Waals surface area contributed by atoms with E-state index in [4.69, 9.17) is 0 Å². The largest absolute Gasteiger partial charge is 0.478 e. The van der Waals surface area contributed by atoms with Crippen molar-refractivity contribution in [2.24, 2.45) is 0 Å². The van der Waals surface area contributed by atoms with Gasteiger partial charge in [0.05, 0.1) is 5.56 Å². The van der Waals surface area contributed by atoms with Crippen molar-refractivity contribution in [2.75, 3.05) is 19.6 Å². The highest BCUT2D eigenvalue weighted by Gasteiger charge is 2.20. The molecule has 3 rings (SSSR count). The predicted molar refractivity (Wildman–Crippen MR) is 100.0 cm³/mol. The zero-order chi connectivity index (χ0) is 17.6. The summed E-state index contributed by atoms with van der Waals surface area (Å²) in [5.41, 5.74) is 3.90. The highest BCUT2D eigenvalue weighted by atomic mass is 16.4. The second-order valence-corrected chi connectivity index (χ2v) is 6.73. The molecular formula is C21H26N2O2. The molecule has 2 aromatic rings. The second-order valence-electron chi connectivity index (χ2n) is 6.73. The number of nitrogens with zero attached hydrogens (tertiary/aromatic N) is 1. The van der Waals surface area contributed by atoms with E-state index in [1.807, 2.05) is 13.0 Å². The quantitative estimate of drug-likeness (QED) is 0.850. The van der Waals surface area contributed by atoms with Gasteiger partial charge in [-0.1, -0.05) is 49.4 Å². The molecule has 0 aromatic heterocycles. The number of piperazine rings is 1. The molecule has 0 aliphatic carbocycles. The normalized spacial score (nSPS) is 18.2. The van der Waals surface area contributed by atoms with Gasteiger partial charge in [0.25, 0.3) is 0 Å². The van der Waals surface area contributed by atoms with E-state index in [1.54, 1.807) is 6.07 Å². The Balaban J connectivity index is 1.63. The number of carboxylic acid groups (broad SMARTS) is 1. The fourth-order valence-corrected chi connectivity index (χ4v) is 3.58. The lowest BCUT2D eigenvalue weighted by molar-refractivity contribution is 0.0695. The molecule has 1 heterocycles. The summed E-state index contributed by atoms with van der Waals surface area (Å²) in [6.45, 7) is 6.05. The maximum Gasteiger partial charge on any atom is 0.335 e. The minimum atomic E-state index is -0.840. The monoisotopic (exact) mass is 338 g/mol. The number of rotatable bonds is 6. The molecule has 1 aliphatic heterocycles. The fourth-order valence-electron chi connectivity index (χ4n) is 3.58. The zero-order valence-electron chi connectivity index (χ0n) is 14.7. The third kappa shape index (κ3) is 4.68. The van der Waals surface area contributed by atoms with Gasteiger partial charge in [0.1, 0.15) is 0 Å². The molecule has 1 atom stereocenters. The molecular weight excluding hydrogens is 312 g/mol. The highest BCUT2D eigenvalue weighted by Crippen LogP contribution is 2.16. The lowest BCUT2D eigenvalue weighted by atomic mass is 9.97. The number of carboxylic acids is 1. The van der Waals surface area contributed by atoms with Crippen molar-refractivity contribution in [3.63, 3.8) is 0 Å². The second kappa shape index (κ2) is 8.28. The molecule has 4 nitrogen and oxygen atoms in total. The van der Waals surface area contributed by atoms with E-state index in [1.165, 1.54) is 11.1 Å². The van der Waals surface area contributed by atoms with Crippen LogP contribution in [0.4, 0.5) is 0 Å². The Hall–Kier alpha value is -2.17. The average molecular weight is 338 g/mol. The molecule has 2 N–H and O–H groups in total. The summed E-state index contributed by atoms with van der Waals surface area (Å²) in [6.07, 6.45) is 1.67. The number of benzene rings is 2. The van der Waals surface area contributed by atoms with Crippen LogP contribution in [0.3, 0.4) is 0 Å². The molecule has 1 aliphatic rings. The number of carbonyl (C=O) groups is 1. The van der Waals surface area contributed by atoms with Crippen molar-refractivity contribution in [2.45, 2.75) is 32.4 Å². The van der Waals surface area contributed by atoms with E-state index in [0.717, 1.165) is 44.6 Å². The Morgan fingerprint density at radius 2 is 2.00 bits per heavy atom. The lowest BCUT2D eigenvalue weighted by Gasteiger charge is -2.34. The maximum atomic E-state index is 11.3. The van der Waals surface area contributed by atoms with Crippen LogP contribution in [0.25, 0.3) is 0 Å². The zero-order valence-corrected chi connectivity index (χ0v) is 14.7. The molecule has 0 unspecified atom stereocenters. The smallest absolute Gasteiger partial charge is 0.335 e. The fraction of sp³-hybridized carbons (Fsp3) is 0.381. The molecule has 25 heavy (non-hydrogen) atoms. The molecule has 0 amide bonds. The molecule has 1 saturated heterocycles. The number of hydrogen-bond donors (Lipinski definition) is 2. The Bertz CT molecular complexity index is 715. The lowest BCUT2D eigenvalue weighted by Crippen LogP contribution is -2.51. The Morgan fingerprint density at radius 3 is 2.72 bits per heavy atom. The van der Waals surface area contributed by atoms with Crippen LogP contribution in [0.5, 0.6) is 0 Å². The minimum absolute atomic E-state index is 0.401. The van der Waals surface area contributed by atoms with Gasteiger partial charge in [-0.05, 0) is 35.6 Å². The van der Waals surface area contributed by atoms with Crippen LogP contribution in [-0.4, -0.2) is 41.7 Å². The number of hydrogen-bond acceptors (Lipinski definition) is 3. The number of aryl methyl sites for hydroxylation is 1. The van der Waals surface area contributed by atoms with E-state index in [9.17, 15) is 9.90 Å². The van der Waals surface area contributed by atoms with Gasteiger partial charge in [0, 0.05) is 32.2 Å². The van der Waals surface area contributed by atoms with E-state index < -0.39 is 5.97 Å². The summed E-state index contributed by atoms with van der Waals surface area (Å²) in [4.78, 5) is 13.8. The Morgan fingerprint density at radius 1 is 1.20 bits per heavy atom. The van der Waals surface area contributed by atoms with Crippen LogP contribution in [-0.2, 0) is 19.4 Å². The number of aromatic carboxylic acids is 1. The molecule has 132 valence electrons. The third-order valence-corrected chi connectivity index (χ3v) is 4.85. The van der Waals surface area contributed by atoms with Gasteiger partial charge >= 0.3 is 5.97 Å². The van der Waals surface area contributed by atoms with Gasteiger partial charge in [-0.25, -0.2) is 4.79 Å². The first-order valence-corrected chi connectivity index (χ1v) is 9.00. The summed E-state index contributed by atoms with van der Waals surface area (Å²) in [7, 11) is 0. The van der Waals surface area contributed by atoms with Gasteiger partial charge in [0.15, 0.2) is 0 Å². The van der Waals surface area contributed by atoms with E-state index in [2.05, 4.69) is 46.6 Å². The van der Waals surface area contributed by atoms with Crippen molar-refractivity contribution in [3.05, 3.63) is 70.8 Å². The Kier molecular flexibility index (Phi) is 5.84. The molecule has 0 bridgehead atoms. The van der Waals surface area contributed by atoms with Crippen molar-refractivity contribution in [1.82, 2.24) is 10.2 Å². The van der Waals surface area contributed by atoms with Gasteiger partial charge in [-0.15, -0.1) is 0 Å². The van der Waals surface area contributed by atoms with Crippen LogP contribution in [0, 0.1) is 0 Å². The summed E-state index contributed by atoms with van der Waals surface area (Å²) in [5.74, 6) is -0.840. The molecule has 0 saturated carbocycles. The predicted octanol–water partition coefficient (Wildman–Crippen LogP) is 2.96. The van der Waals surface area contributed by atoms with Crippen molar-refractivity contribution < 1.29 is 9.90 Å². The van der Waals surface area contributed by atoms with Gasteiger partial charge < -0.3 is 10.4 Å². The topological polar surface area (TPSA) is 52.6 Å². The van der Waals surface area contributed by atoms with E-state index in [0.29, 0.717) is 11.6 Å². The van der Waals surface area contributed by atoms with Crippen LogP contribution >= 0.6 is 0 Å². The molecule has 0 spiro atoms. The third-order valence-electron chi connectivity index (χ3n) is 4.85. The van der Waals surface area contributed by atoms with Crippen molar-refractivity contribution >= 4 is 5.97 Å². The van der Waals surface area contributed by atoms with Gasteiger partial charge in [-0.3, -0.25) is 4.90 Å². The van der Waals surface area contributed by atoms with E-state index in [-0.39, 0.29) is 0 Å². The van der Waals surface area contributed by atoms with Crippen LogP contribution in [0.2, 0.25) is 0 Å². The van der Waals surface area contributed by atoms with Gasteiger partial charge in [0.2, 0.25) is 0 Å². The Labute approximate surface area is 149 Å². The minimum Gasteiger partial charge on any atom is -0.478 e. The standard InChI is InChI=1S/C21H26N2O2/c1-2-18-12-17(8-9-20(18)21(24)25)13-19-15-23(11-10-22-19)14-16-6-4-3-5-7-16/h3-9,12,19,22H,2,10-11,13-15H2,1H3,(H,24,25)/t19-/m1/s1. The van der Waals surface area contributed by atoms with Crippen molar-refractivity contribution in [3.8, 4) is 0 Å². The summed E-state index contributed by atoms with van der Waals surface area (Å²) in [5, 5.41) is 12.9. The van der Waals surface area contributed by atoms with E-state index >= 15 is 0 Å². The van der Waals surface area contributed by atoms with Crippen molar-refractivity contribution in [1.29, 1.82) is 0 Å². The number of nitrogens with one attached hydrogen (secondary N) is 1. The molecule has 2 aromatic carbocycles.